The third-order valence-corrected chi connectivity index (χ3v) is 5.66. The van der Waals surface area contributed by atoms with Crippen LogP contribution in [-0.4, -0.2) is 52.8 Å². The van der Waals surface area contributed by atoms with Crippen LogP contribution in [0, 0.1) is 0 Å². The smallest absolute Gasteiger partial charge is 0.260 e. The van der Waals surface area contributed by atoms with Gasteiger partial charge in [0.25, 0.3) is 5.91 Å². The summed E-state index contributed by atoms with van der Waals surface area (Å²) in [4.78, 5) is 22.4. The number of fused-ring (bicyclic) bond motifs is 3. The molecule has 0 aromatic heterocycles. The van der Waals surface area contributed by atoms with Crippen molar-refractivity contribution in [3.63, 3.8) is 0 Å². The van der Waals surface area contributed by atoms with Gasteiger partial charge in [-0.2, -0.15) is 0 Å². The Morgan fingerprint density at radius 3 is 2.26 bits per heavy atom. The summed E-state index contributed by atoms with van der Waals surface area (Å²) in [5.74, 6) is 1.04. The summed E-state index contributed by atoms with van der Waals surface area (Å²) in [6, 6.07) is 9.66. The van der Waals surface area contributed by atoms with E-state index in [0.717, 1.165) is 29.8 Å². The molecule has 3 heterocycles. The number of carbonyl (C=O) groups excluding carboxylic acids is 1. The van der Waals surface area contributed by atoms with E-state index < -0.39 is 0 Å². The molecular weight excluding hydrogens is 286 g/mol. The number of hydrogen-bond donors (Lipinski definition) is 0. The van der Waals surface area contributed by atoms with Gasteiger partial charge in [-0.15, -0.1) is 0 Å². The number of nitrogens with zero attached hydrogens (tertiary/aromatic N) is 3. The van der Waals surface area contributed by atoms with Crippen LogP contribution in [0.15, 0.2) is 29.3 Å². The predicted octanol–water partition coefficient (Wildman–Crippen LogP) is 2.92. The number of rotatable bonds is 2. The molecule has 2 unspecified atom stereocenters. The Kier molecular flexibility index (Phi) is 3.52. The average Bonchev–Trinajstić information content (AvgIpc) is 2.90. The van der Waals surface area contributed by atoms with Crippen LogP contribution in [0.5, 0.6) is 0 Å². The summed E-state index contributed by atoms with van der Waals surface area (Å²) >= 11 is 0. The molecule has 3 aliphatic rings. The van der Waals surface area contributed by atoms with E-state index in [9.17, 15) is 4.79 Å². The molecule has 0 radical (unpaired) electrons. The first-order valence-electron chi connectivity index (χ1n) is 8.79. The predicted molar refractivity (Wildman–Crippen MR) is 91.9 cm³/mol. The van der Waals surface area contributed by atoms with Gasteiger partial charge in [-0.1, -0.05) is 18.2 Å². The van der Waals surface area contributed by atoms with Crippen LogP contribution in [0.2, 0.25) is 0 Å². The molecule has 23 heavy (non-hydrogen) atoms. The van der Waals surface area contributed by atoms with Crippen LogP contribution < -0.4 is 0 Å². The molecule has 1 aromatic carbocycles. The van der Waals surface area contributed by atoms with Crippen LogP contribution in [0.4, 0.5) is 0 Å². The third kappa shape index (κ3) is 2.31. The highest BCUT2D eigenvalue weighted by Gasteiger charge is 2.45. The molecule has 4 heteroatoms. The topological polar surface area (TPSA) is 35.9 Å². The number of carbonyl (C=O) groups is 1. The van der Waals surface area contributed by atoms with E-state index in [4.69, 9.17) is 4.99 Å². The second-order valence-electron chi connectivity index (χ2n) is 7.44. The second-order valence-corrected chi connectivity index (χ2v) is 7.44. The zero-order valence-corrected chi connectivity index (χ0v) is 14.2. The Morgan fingerprint density at radius 2 is 1.65 bits per heavy atom. The zero-order chi connectivity index (χ0) is 16.1. The first-order chi connectivity index (χ1) is 11.1. The maximum absolute atomic E-state index is 13.0. The highest BCUT2D eigenvalue weighted by molar-refractivity contribution is 6.23. The lowest BCUT2D eigenvalue weighted by Crippen LogP contribution is -2.51. The van der Waals surface area contributed by atoms with Crippen molar-refractivity contribution in [1.82, 2.24) is 9.80 Å². The Morgan fingerprint density at radius 1 is 1.04 bits per heavy atom. The van der Waals surface area contributed by atoms with Crippen molar-refractivity contribution in [3.8, 4) is 0 Å². The summed E-state index contributed by atoms with van der Waals surface area (Å²) in [7, 11) is 2.24. The SMILES string of the molecule is CC(C)N=C1c2ccccc2C(=O)N1C1CC2CCC(C1)N2C. The minimum Gasteiger partial charge on any atom is -0.300 e. The van der Waals surface area contributed by atoms with Gasteiger partial charge < -0.3 is 4.90 Å². The number of amidine groups is 1. The maximum atomic E-state index is 13.0. The van der Waals surface area contributed by atoms with Crippen LogP contribution in [-0.2, 0) is 0 Å². The van der Waals surface area contributed by atoms with Crippen molar-refractivity contribution < 1.29 is 4.79 Å². The van der Waals surface area contributed by atoms with Crippen LogP contribution >= 0.6 is 0 Å². The Bertz CT molecular complexity index is 652. The normalized spacial score (nSPS) is 32.2. The van der Waals surface area contributed by atoms with Gasteiger partial charge in [0.15, 0.2) is 0 Å². The van der Waals surface area contributed by atoms with Gasteiger partial charge in [0.1, 0.15) is 5.84 Å². The number of aliphatic imine (C=N–C) groups is 1. The molecule has 2 atom stereocenters. The van der Waals surface area contributed by atoms with E-state index in [1.54, 1.807) is 0 Å². The van der Waals surface area contributed by atoms with Gasteiger partial charge in [0.2, 0.25) is 0 Å². The summed E-state index contributed by atoms with van der Waals surface area (Å²) in [5.41, 5.74) is 1.83. The lowest BCUT2D eigenvalue weighted by atomic mass is 9.96. The number of benzene rings is 1. The summed E-state index contributed by atoms with van der Waals surface area (Å²) in [6.45, 7) is 4.16. The standard InChI is InChI=1S/C19H25N3O/c1-12(2)20-18-16-6-4-5-7-17(16)19(23)22(18)15-10-13-8-9-14(11-15)21(13)3/h4-7,12-15H,8-11H2,1-3H3. The van der Waals surface area contributed by atoms with Crippen LogP contribution in [0.1, 0.15) is 55.5 Å². The molecule has 2 bridgehead atoms. The van der Waals surface area contributed by atoms with Gasteiger partial charge >= 0.3 is 0 Å². The molecule has 0 saturated carbocycles. The molecule has 2 saturated heterocycles. The molecule has 2 fully saturated rings. The molecule has 4 rings (SSSR count). The zero-order valence-electron chi connectivity index (χ0n) is 14.2. The summed E-state index contributed by atoms with van der Waals surface area (Å²) in [5, 5.41) is 0. The lowest BCUT2D eigenvalue weighted by molar-refractivity contribution is 0.0687. The first kappa shape index (κ1) is 14.9. The van der Waals surface area contributed by atoms with E-state index in [2.05, 4.69) is 25.8 Å². The van der Waals surface area contributed by atoms with Gasteiger partial charge in [0.05, 0.1) is 5.56 Å². The average molecular weight is 311 g/mol. The van der Waals surface area contributed by atoms with Crippen molar-refractivity contribution in [2.75, 3.05) is 7.05 Å². The minimum atomic E-state index is 0.147. The summed E-state index contributed by atoms with van der Waals surface area (Å²) in [6.07, 6.45) is 4.68. The molecule has 3 aliphatic heterocycles. The van der Waals surface area contributed by atoms with Gasteiger partial charge in [-0.3, -0.25) is 14.7 Å². The van der Waals surface area contributed by atoms with E-state index in [1.807, 2.05) is 29.2 Å². The lowest BCUT2D eigenvalue weighted by Gasteiger charge is -2.40. The van der Waals surface area contributed by atoms with E-state index >= 15 is 0 Å². The van der Waals surface area contributed by atoms with Crippen molar-refractivity contribution in [1.29, 1.82) is 0 Å². The monoisotopic (exact) mass is 311 g/mol. The van der Waals surface area contributed by atoms with Crippen LogP contribution in [0.25, 0.3) is 0 Å². The van der Waals surface area contributed by atoms with Crippen molar-refractivity contribution in [2.45, 2.75) is 63.7 Å². The Balaban J connectivity index is 1.72. The molecule has 122 valence electrons. The van der Waals surface area contributed by atoms with Crippen molar-refractivity contribution in [3.05, 3.63) is 35.4 Å². The van der Waals surface area contributed by atoms with E-state index in [-0.39, 0.29) is 11.9 Å². The summed E-state index contributed by atoms with van der Waals surface area (Å²) < 4.78 is 0. The van der Waals surface area contributed by atoms with Gasteiger partial charge in [-0.05, 0) is 52.6 Å². The Labute approximate surface area is 138 Å². The molecule has 0 spiro atoms. The number of hydrogen-bond acceptors (Lipinski definition) is 3. The number of piperidine rings is 1. The molecule has 1 aromatic rings. The molecule has 1 amide bonds. The first-order valence-corrected chi connectivity index (χ1v) is 8.79. The molecule has 0 N–H and O–H groups in total. The van der Waals surface area contributed by atoms with Gasteiger partial charge in [-0.25, -0.2) is 0 Å². The maximum Gasteiger partial charge on any atom is 0.260 e. The van der Waals surface area contributed by atoms with Crippen molar-refractivity contribution in [2.24, 2.45) is 4.99 Å². The fourth-order valence-corrected chi connectivity index (χ4v) is 4.53. The quantitative estimate of drug-likeness (QED) is 0.842. The largest absolute Gasteiger partial charge is 0.300 e. The third-order valence-electron chi connectivity index (χ3n) is 5.66. The fourth-order valence-electron chi connectivity index (χ4n) is 4.53. The minimum absolute atomic E-state index is 0.147. The van der Waals surface area contributed by atoms with Gasteiger partial charge in [0, 0.05) is 29.7 Å². The number of amides is 1. The van der Waals surface area contributed by atoms with E-state index in [1.165, 1.54) is 12.8 Å². The fraction of sp³-hybridized carbons (Fsp3) is 0.579. The van der Waals surface area contributed by atoms with E-state index in [0.29, 0.717) is 18.1 Å². The molecule has 0 aliphatic carbocycles. The highest BCUT2D eigenvalue weighted by Crippen LogP contribution is 2.39. The Hall–Kier alpha value is -1.68. The van der Waals surface area contributed by atoms with Crippen molar-refractivity contribution >= 4 is 11.7 Å². The molecule has 4 nitrogen and oxygen atoms in total. The highest BCUT2D eigenvalue weighted by atomic mass is 16.2. The molecular formula is C19H25N3O. The second kappa shape index (κ2) is 5.45. The van der Waals surface area contributed by atoms with Crippen LogP contribution in [0.3, 0.4) is 0 Å².